The zero-order valence-corrected chi connectivity index (χ0v) is 12.0. The van der Waals surface area contributed by atoms with Crippen LogP contribution in [0.3, 0.4) is 0 Å². The van der Waals surface area contributed by atoms with Gasteiger partial charge in [0.25, 0.3) is 0 Å². The summed E-state index contributed by atoms with van der Waals surface area (Å²) in [5.41, 5.74) is 4.27. The van der Waals surface area contributed by atoms with Crippen LogP contribution in [0.15, 0.2) is 54.7 Å². The van der Waals surface area contributed by atoms with E-state index in [0.717, 1.165) is 12.1 Å². The highest BCUT2D eigenvalue weighted by molar-refractivity contribution is 5.92. The highest BCUT2D eigenvalue weighted by Gasteiger charge is 2.04. The first-order valence-electron chi connectivity index (χ1n) is 7.08. The molecular weight excluding hydrogens is 256 g/mol. The van der Waals surface area contributed by atoms with Crippen molar-refractivity contribution in [1.29, 1.82) is 5.26 Å². The van der Waals surface area contributed by atoms with Crippen LogP contribution in [0.4, 0.5) is 0 Å². The monoisotopic (exact) mass is 272 g/mol. The lowest BCUT2D eigenvalue weighted by Gasteiger charge is -1.97. The molecule has 102 valence electrons. The number of rotatable bonds is 3. The van der Waals surface area contributed by atoms with Gasteiger partial charge in [0.1, 0.15) is 0 Å². The molecule has 3 rings (SSSR count). The van der Waals surface area contributed by atoms with Crippen molar-refractivity contribution in [3.8, 4) is 6.07 Å². The molecule has 0 atom stereocenters. The molecule has 0 bridgehead atoms. The maximum absolute atomic E-state index is 8.81. The molecule has 0 amide bonds. The van der Waals surface area contributed by atoms with Gasteiger partial charge in [-0.05, 0) is 36.2 Å². The fourth-order valence-electron chi connectivity index (χ4n) is 2.52. The van der Waals surface area contributed by atoms with Crippen LogP contribution in [-0.2, 0) is 6.54 Å². The summed E-state index contributed by atoms with van der Waals surface area (Å²) in [6.07, 6.45) is 6.41. The molecule has 0 aliphatic carbocycles. The van der Waals surface area contributed by atoms with Crippen molar-refractivity contribution in [2.75, 3.05) is 0 Å². The number of nitriles is 1. The molecule has 2 aromatic carbocycles. The molecule has 0 aliphatic rings. The van der Waals surface area contributed by atoms with Crippen molar-refractivity contribution in [3.05, 3.63) is 71.4 Å². The first kappa shape index (κ1) is 13.2. The normalized spacial score (nSPS) is 11.0. The second kappa shape index (κ2) is 5.68. The van der Waals surface area contributed by atoms with Gasteiger partial charge in [0.2, 0.25) is 0 Å². The summed E-state index contributed by atoms with van der Waals surface area (Å²) >= 11 is 0. The minimum Gasteiger partial charge on any atom is -0.347 e. The molecule has 2 nitrogen and oxygen atoms in total. The molecule has 3 aromatic rings. The van der Waals surface area contributed by atoms with Gasteiger partial charge in [0.15, 0.2) is 0 Å². The van der Waals surface area contributed by atoms with E-state index >= 15 is 0 Å². The lowest BCUT2D eigenvalue weighted by molar-refractivity contribution is 0.797. The fourth-order valence-corrected chi connectivity index (χ4v) is 2.52. The summed E-state index contributed by atoms with van der Waals surface area (Å²) in [5, 5.41) is 10.1. The van der Waals surface area contributed by atoms with Gasteiger partial charge >= 0.3 is 0 Å². The van der Waals surface area contributed by atoms with Crippen LogP contribution in [0.2, 0.25) is 0 Å². The SMILES string of the molecule is CCn1cc(/C=C/c2ccc(C#N)cc2)c2ccccc21. The molecule has 0 saturated carbocycles. The van der Waals surface area contributed by atoms with Gasteiger partial charge in [-0.2, -0.15) is 5.26 Å². The maximum atomic E-state index is 8.81. The van der Waals surface area contributed by atoms with E-state index in [-0.39, 0.29) is 0 Å². The van der Waals surface area contributed by atoms with Crippen molar-refractivity contribution in [3.63, 3.8) is 0 Å². The van der Waals surface area contributed by atoms with Crippen molar-refractivity contribution in [2.45, 2.75) is 13.5 Å². The Morgan fingerprint density at radius 1 is 1.05 bits per heavy atom. The van der Waals surface area contributed by atoms with Crippen LogP contribution in [-0.4, -0.2) is 4.57 Å². The molecule has 0 N–H and O–H groups in total. The van der Waals surface area contributed by atoms with Crippen LogP contribution in [0, 0.1) is 11.3 Å². The van der Waals surface area contributed by atoms with E-state index in [0.29, 0.717) is 5.56 Å². The highest BCUT2D eigenvalue weighted by Crippen LogP contribution is 2.23. The van der Waals surface area contributed by atoms with Crippen molar-refractivity contribution in [1.82, 2.24) is 4.57 Å². The maximum Gasteiger partial charge on any atom is 0.0991 e. The largest absolute Gasteiger partial charge is 0.347 e. The van der Waals surface area contributed by atoms with Gasteiger partial charge in [0, 0.05) is 23.6 Å². The molecule has 0 radical (unpaired) electrons. The first-order chi connectivity index (χ1) is 10.3. The summed E-state index contributed by atoms with van der Waals surface area (Å²) in [4.78, 5) is 0. The Morgan fingerprint density at radius 2 is 1.81 bits per heavy atom. The topological polar surface area (TPSA) is 28.7 Å². The summed E-state index contributed by atoms with van der Waals surface area (Å²) < 4.78 is 2.26. The summed E-state index contributed by atoms with van der Waals surface area (Å²) in [5.74, 6) is 0. The zero-order valence-electron chi connectivity index (χ0n) is 12.0. The van der Waals surface area contributed by atoms with Crippen molar-refractivity contribution < 1.29 is 0 Å². The minimum atomic E-state index is 0.690. The summed E-state index contributed by atoms with van der Waals surface area (Å²) in [7, 11) is 0. The second-order valence-corrected chi connectivity index (χ2v) is 4.95. The Hall–Kier alpha value is -2.79. The van der Waals surface area contributed by atoms with Crippen LogP contribution in [0.1, 0.15) is 23.6 Å². The van der Waals surface area contributed by atoms with Gasteiger partial charge in [-0.3, -0.25) is 0 Å². The highest BCUT2D eigenvalue weighted by atomic mass is 14.9. The Bertz CT molecular complexity index is 830. The van der Waals surface area contributed by atoms with Crippen LogP contribution >= 0.6 is 0 Å². The number of fused-ring (bicyclic) bond motifs is 1. The molecule has 1 heterocycles. The number of aromatic nitrogens is 1. The van der Waals surface area contributed by atoms with E-state index in [9.17, 15) is 0 Å². The number of hydrogen-bond donors (Lipinski definition) is 0. The van der Waals surface area contributed by atoms with Crippen molar-refractivity contribution in [2.24, 2.45) is 0 Å². The predicted octanol–water partition coefficient (Wildman–Crippen LogP) is 4.70. The molecule has 1 aromatic heterocycles. The molecule has 0 aliphatic heterocycles. The van der Waals surface area contributed by atoms with E-state index in [1.54, 1.807) is 0 Å². The predicted molar refractivity (Wildman–Crippen MR) is 87.7 cm³/mol. The van der Waals surface area contributed by atoms with Crippen LogP contribution in [0.5, 0.6) is 0 Å². The number of hydrogen-bond acceptors (Lipinski definition) is 1. The quantitative estimate of drug-likeness (QED) is 0.679. The first-order valence-corrected chi connectivity index (χ1v) is 7.08. The third-order valence-electron chi connectivity index (χ3n) is 3.66. The van der Waals surface area contributed by atoms with E-state index < -0.39 is 0 Å². The number of nitrogens with zero attached hydrogens (tertiary/aromatic N) is 2. The third kappa shape index (κ3) is 2.59. The third-order valence-corrected chi connectivity index (χ3v) is 3.66. The van der Waals surface area contributed by atoms with Gasteiger partial charge in [-0.15, -0.1) is 0 Å². The van der Waals surface area contributed by atoms with E-state index in [1.807, 2.05) is 24.3 Å². The van der Waals surface area contributed by atoms with Gasteiger partial charge in [0.05, 0.1) is 11.6 Å². The van der Waals surface area contributed by atoms with Crippen molar-refractivity contribution >= 4 is 23.1 Å². The van der Waals surface area contributed by atoms with E-state index in [4.69, 9.17) is 5.26 Å². The molecule has 0 unspecified atom stereocenters. The molecule has 0 fully saturated rings. The molecule has 21 heavy (non-hydrogen) atoms. The Morgan fingerprint density at radius 3 is 2.52 bits per heavy atom. The fraction of sp³-hybridized carbons (Fsp3) is 0.105. The molecule has 0 spiro atoms. The molecule has 2 heteroatoms. The van der Waals surface area contributed by atoms with Crippen LogP contribution in [0.25, 0.3) is 23.1 Å². The van der Waals surface area contributed by atoms with Gasteiger partial charge < -0.3 is 4.57 Å². The number of aryl methyl sites for hydroxylation is 1. The van der Waals surface area contributed by atoms with E-state index in [2.05, 4.69) is 60.2 Å². The average Bonchev–Trinajstić information content (AvgIpc) is 2.91. The lowest BCUT2D eigenvalue weighted by atomic mass is 10.1. The Balaban J connectivity index is 1.97. The minimum absolute atomic E-state index is 0.690. The summed E-state index contributed by atoms with van der Waals surface area (Å²) in [6.45, 7) is 3.12. The van der Waals surface area contributed by atoms with Gasteiger partial charge in [-0.1, -0.05) is 42.5 Å². The van der Waals surface area contributed by atoms with Crippen LogP contribution < -0.4 is 0 Å². The van der Waals surface area contributed by atoms with Gasteiger partial charge in [-0.25, -0.2) is 0 Å². The standard InChI is InChI=1S/C19H16N2/c1-2-21-14-17(18-5-3-4-6-19(18)21)12-11-15-7-9-16(13-20)10-8-15/h3-12,14H,2H2,1H3/b12-11+. The Kier molecular flexibility index (Phi) is 3.57. The summed E-state index contributed by atoms with van der Waals surface area (Å²) in [6, 6.07) is 18.2. The smallest absolute Gasteiger partial charge is 0.0991 e. The molecular formula is C19H16N2. The Labute approximate surface area is 124 Å². The number of para-hydroxylation sites is 1. The number of benzene rings is 2. The second-order valence-electron chi connectivity index (χ2n) is 4.95. The zero-order chi connectivity index (χ0) is 14.7. The lowest BCUT2D eigenvalue weighted by Crippen LogP contribution is -1.89. The average molecular weight is 272 g/mol. The van der Waals surface area contributed by atoms with E-state index in [1.165, 1.54) is 16.5 Å². The molecule has 0 saturated heterocycles.